The second kappa shape index (κ2) is 5.10. The molecule has 19 heavy (non-hydrogen) atoms. The quantitative estimate of drug-likeness (QED) is 0.765. The fraction of sp³-hybridized carbons (Fsp3) is 0.583. The average molecular weight is 263 g/mol. The van der Waals surface area contributed by atoms with E-state index < -0.39 is 0 Å². The Labute approximate surface area is 111 Å². The first-order chi connectivity index (χ1) is 9.24. The first kappa shape index (κ1) is 12.3. The molecule has 2 N–H and O–H groups in total. The van der Waals surface area contributed by atoms with Gasteiger partial charge in [0.25, 0.3) is 0 Å². The van der Waals surface area contributed by atoms with Crippen molar-refractivity contribution in [2.24, 2.45) is 5.73 Å². The number of carbonyl (C=O) groups is 1. The molecule has 2 aliphatic rings. The van der Waals surface area contributed by atoms with Gasteiger partial charge in [-0.15, -0.1) is 0 Å². The van der Waals surface area contributed by atoms with Crippen molar-refractivity contribution in [3.63, 3.8) is 0 Å². The summed E-state index contributed by atoms with van der Waals surface area (Å²) in [5.41, 5.74) is 5.80. The third-order valence-corrected chi connectivity index (χ3v) is 3.40. The van der Waals surface area contributed by atoms with Crippen molar-refractivity contribution in [2.75, 3.05) is 42.6 Å². The Balaban J connectivity index is 1.81. The van der Waals surface area contributed by atoms with E-state index in [1.807, 2.05) is 6.07 Å². The predicted octanol–water partition coefficient (Wildman–Crippen LogP) is -0.623. The summed E-state index contributed by atoms with van der Waals surface area (Å²) >= 11 is 0. The fourth-order valence-electron chi connectivity index (χ4n) is 2.41. The second-order valence-corrected chi connectivity index (χ2v) is 4.80. The van der Waals surface area contributed by atoms with Crippen LogP contribution in [0.1, 0.15) is 6.42 Å². The maximum absolute atomic E-state index is 11.8. The summed E-state index contributed by atoms with van der Waals surface area (Å²) in [5.74, 6) is 1.50. The zero-order valence-corrected chi connectivity index (χ0v) is 10.7. The normalized spacial score (nSPS) is 24.1. The van der Waals surface area contributed by atoms with Crippen LogP contribution in [0.15, 0.2) is 12.4 Å². The lowest BCUT2D eigenvalue weighted by Gasteiger charge is -2.28. The molecule has 2 saturated heterocycles. The van der Waals surface area contributed by atoms with Gasteiger partial charge in [0, 0.05) is 38.2 Å². The van der Waals surface area contributed by atoms with Gasteiger partial charge in [0.1, 0.15) is 18.0 Å². The number of hydrogen-bond donors (Lipinski definition) is 1. The molecule has 0 aliphatic carbocycles. The summed E-state index contributed by atoms with van der Waals surface area (Å²) < 4.78 is 5.32. The third kappa shape index (κ3) is 2.52. The van der Waals surface area contributed by atoms with E-state index in [1.54, 1.807) is 4.90 Å². The van der Waals surface area contributed by atoms with Crippen molar-refractivity contribution >= 4 is 17.5 Å². The Kier molecular flexibility index (Phi) is 3.31. The van der Waals surface area contributed by atoms with Gasteiger partial charge in [0.05, 0.1) is 13.2 Å². The van der Waals surface area contributed by atoms with Crippen LogP contribution < -0.4 is 15.5 Å². The summed E-state index contributed by atoms with van der Waals surface area (Å²) in [7, 11) is 0. The number of morpholine rings is 1. The van der Waals surface area contributed by atoms with E-state index in [0.29, 0.717) is 32.0 Å². The van der Waals surface area contributed by atoms with Crippen LogP contribution in [0.5, 0.6) is 0 Å². The van der Waals surface area contributed by atoms with Crippen molar-refractivity contribution < 1.29 is 9.53 Å². The maximum Gasteiger partial charge on any atom is 0.229 e. The molecule has 2 fully saturated rings. The molecule has 1 aromatic heterocycles. The standard InChI is InChI=1S/C12H17N5O2/c13-9-5-12(18)17(7-9)11-6-10(14-8-15-11)16-1-3-19-4-2-16/h6,8-9H,1-5,7,13H2. The Morgan fingerprint density at radius 3 is 2.68 bits per heavy atom. The van der Waals surface area contributed by atoms with Crippen molar-refractivity contribution in [1.82, 2.24) is 9.97 Å². The molecule has 1 aromatic rings. The minimum atomic E-state index is -0.102. The van der Waals surface area contributed by atoms with Gasteiger partial charge in [0.15, 0.2) is 0 Å². The van der Waals surface area contributed by atoms with Crippen LogP contribution in [0, 0.1) is 0 Å². The molecule has 0 aromatic carbocycles. The van der Waals surface area contributed by atoms with E-state index in [-0.39, 0.29) is 11.9 Å². The molecule has 1 atom stereocenters. The number of amides is 1. The highest BCUT2D eigenvalue weighted by atomic mass is 16.5. The molecule has 1 unspecified atom stereocenters. The molecule has 0 saturated carbocycles. The zero-order valence-electron chi connectivity index (χ0n) is 10.7. The van der Waals surface area contributed by atoms with Gasteiger partial charge >= 0.3 is 0 Å². The number of carbonyl (C=O) groups excluding carboxylic acids is 1. The lowest BCUT2D eigenvalue weighted by atomic mass is 10.3. The summed E-state index contributed by atoms with van der Waals surface area (Å²) in [4.78, 5) is 24.0. The summed E-state index contributed by atoms with van der Waals surface area (Å²) in [6.07, 6.45) is 1.88. The molecule has 2 aliphatic heterocycles. The lowest BCUT2D eigenvalue weighted by molar-refractivity contribution is -0.117. The highest BCUT2D eigenvalue weighted by Crippen LogP contribution is 2.22. The van der Waals surface area contributed by atoms with E-state index in [9.17, 15) is 4.79 Å². The summed E-state index contributed by atoms with van der Waals surface area (Å²) in [5, 5.41) is 0. The molecular weight excluding hydrogens is 246 g/mol. The first-order valence-corrected chi connectivity index (χ1v) is 6.45. The van der Waals surface area contributed by atoms with Crippen LogP contribution in [-0.4, -0.2) is 54.8 Å². The molecule has 102 valence electrons. The highest BCUT2D eigenvalue weighted by Gasteiger charge is 2.29. The van der Waals surface area contributed by atoms with Gasteiger partial charge < -0.3 is 15.4 Å². The highest BCUT2D eigenvalue weighted by molar-refractivity contribution is 5.95. The SMILES string of the molecule is NC1CC(=O)N(c2cc(N3CCOCC3)ncn2)C1. The Morgan fingerprint density at radius 2 is 2.00 bits per heavy atom. The summed E-state index contributed by atoms with van der Waals surface area (Å²) in [6.45, 7) is 3.55. The largest absolute Gasteiger partial charge is 0.378 e. The van der Waals surface area contributed by atoms with Gasteiger partial charge in [0.2, 0.25) is 5.91 Å². The number of hydrogen-bond acceptors (Lipinski definition) is 6. The number of anilines is 2. The van der Waals surface area contributed by atoms with Crippen LogP contribution in [0.25, 0.3) is 0 Å². The van der Waals surface area contributed by atoms with Gasteiger partial charge in [-0.25, -0.2) is 9.97 Å². The summed E-state index contributed by atoms with van der Waals surface area (Å²) in [6, 6.07) is 1.75. The number of nitrogens with two attached hydrogens (primary N) is 1. The second-order valence-electron chi connectivity index (χ2n) is 4.80. The van der Waals surface area contributed by atoms with Crippen molar-refractivity contribution in [2.45, 2.75) is 12.5 Å². The number of nitrogens with zero attached hydrogens (tertiary/aromatic N) is 4. The van der Waals surface area contributed by atoms with Crippen LogP contribution >= 0.6 is 0 Å². The van der Waals surface area contributed by atoms with Gasteiger partial charge in [-0.1, -0.05) is 0 Å². The fourth-order valence-corrected chi connectivity index (χ4v) is 2.41. The molecule has 3 rings (SSSR count). The van der Waals surface area contributed by atoms with E-state index in [0.717, 1.165) is 18.9 Å². The van der Waals surface area contributed by atoms with Gasteiger partial charge in [-0.2, -0.15) is 0 Å². The average Bonchev–Trinajstić information content (AvgIpc) is 2.79. The lowest BCUT2D eigenvalue weighted by Crippen LogP contribution is -2.37. The van der Waals surface area contributed by atoms with Crippen molar-refractivity contribution in [1.29, 1.82) is 0 Å². The van der Waals surface area contributed by atoms with Crippen LogP contribution in [0.2, 0.25) is 0 Å². The Morgan fingerprint density at radius 1 is 1.26 bits per heavy atom. The monoisotopic (exact) mass is 263 g/mol. The van der Waals surface area contributed by atoms with E-state index in [2.05, 4.69) is 14.9 Å². The molecular formula is C12H17N5O2. The predicted molar refractivity (Wildman–Crippen MR) is 70.0 cm³/mol. The molecule has 0 radical (unpaired) electrons. The molecule has 3 heterocycles. The maximum atomic E-state index is 11.8. The van der Waals surface area contributed by atoms with Crippen molar-refractivity contribution in [3.8, 4) is 0 Å². The third-order valence-electron chi connectivity index (χ3n) is 3.40. The molecule has 0 bridgehead atoms. The smallest absolute Gasteiger partial charge is 0.229 e. The van der Waals surface area contributed by atoms with Gasteiger partial charge in [-0.05, 0) is 0 Å². The minimum absolute atomic E-state index is 0.0270. The minimum Gasteiger partial charge on any atom is -0.378 e. The number of aromatic nitrogens is 2. The van der Waals surface area contributed by atoms with Crippen LogP contribution in [0.3, 0.4) is 0 Å². The van der Waals surface area contributed by atoms with E-state index >= 15 is 0 Å². The molecule has 7 heteroatoms. The van der Waals surface area contributed by atoms with Crippen LogP contribution in [0.4, 0.5) is 11.6 Å². The molecule has 0 spiro atoms. The molecule has 1 amide bonds. The van der Waals surface area contributed by atoms with E-state index in [4.69, 9.17) is 10.5 Å². The number of ether oxygens (including phenoxy) is 1. The number of rotatable bonds is 2. The van der Waals surface area contributed by atoms with Gasteiger partial charge in [-0.3, -0.25) is 9.69 Å². The Bertz CT molecular complexity index is 475. The molecule has 7 nitrogen and oxygen atoms in total. The zero-order chi connectivity index (χ0) is 13.2. The van der Waals surface area contributed by atoms with Crippen LogP contribution in [-0.2, 0) is 9.53 Å². The van der Waals surface area contributed by atoms with Crippen molar-refractivity contribution in [3.05, 3.63) is 12.4 Å². The first-order valence-electron chi connectivity index (χ1n) is 6.45. The van der Waals surface area contributed by atoms with E-state index in [1.165, 1.54) is 6.33 Å². The topological polar surface area (TPSA) is 84.6 Å². The Hall–Kier alpha value is -1.73.